The first-order chi connectivity index (χ1) is 11.0. The molecule has 4 nitrogen and oxygen atoms in total. The number of nitrogens with two attached hydrogens (primary N) is 1. The van der Waals surface area contributed by atoms with E-state index in [-0.39, 0.29) is 11.9 Å². The fraction of sp³-hybridized carbons (Fsp3) is 0.632. The molecule has 1 aromatic carbocycles. The second kappa shape index (κ2) is 8.46. The molecular formula is C19H31N3O. The van der Waals surface area contributed by atoms with E-state index in [9.17, 15) is 4.79 Å². The fourth-order valence-corrected chi connectivity index (χ4v) is 3.31. The molecule has 0 aromatic heterocycles. The molecule has 1 amide bonds. The van der Waals surface area contributed by atoms with E-state index in [1.165, 1.54) is 12.0 Å². The van der Waals surface area contributed by atoms with Crippen LogP contribution in [-0.2, 0) is 11.3 Å². The van der Waals surface area contributed by atoms with Crippen LogP contribution in [0.25, 0.3) is 0 Å². The molecule has 2 N–H and O–H groups in total. The molecule has 1 aromatic rings. The molecule has 1 heterocycles. The van der Waals surface area contributed by atoms with Gasteiger partial charge in [-0.2, -0.15) is 0 Å². The third kappa shape index (κ3) is 5.33. The number of hydrogen-bond acceptors (Lipinski definition) is 3. The van der Waals surface area contributed by atoms with E-state index in [4.69, 9.17) is 5.73 Å². The molecule has 4 heteroatoms. The van der Waals surface area contributed by atoms with Crippen molar-refractivity contribution in [1.29, 1.82) is 0 Å². The maximum absolute atomic E-state index is 12.1. The van der Waals surface area contributed by atoms with Crippen LogP contribution in [0.5, 0.6) is 0 Å². The van der Waals surface area contributed by atoms with Crippen molar-refractivity contribution in [2.24, 2.45) is 11.7 Å². The quantitative estimate of drug-likeness (QED) is 0.877. The van der Waals surface area contributed by atoms with Gasteiger partial charge >= 0.3 is 0 Å². The van der Waals surface area contributed by atoms with Crippen molar-refractivity contribution in [3.05, 3.63) is 35.9 Å². The van der Waals surface area contributed by atoms with Crippen LogP contribution in [0, 0.1) is 5.92 Å². The van der Waals surface area contributed by atoms with E-state index in [0.29, 0.717) is 12.0 Å². The van der Waals surface area contributed by atoms with Gasteiger partial charge in [0.2, 0.25) is 5.91 Å². The average Bonchev–Trinajstić information content (AvgIpc) is 2.54. The lowest BCUT2D eigenvalue weighted by Crippen LogP contribution is -2.49. The van der Waals surface area contributed by atoms with Crippen molar-refractivity contribution >= 4 is 5.91 Å². The van der Waals surface area contributed by atoms with Crippen LogP contribution in [0.2, 0.25) is 0 Å². The van der Waals surface area contributed by atoms with Gasteiger partial charge in [-0.3, -0.25) is 9.69 Å². The minimum absolute atomic E-state index is 0.0915. The Morgan fingerprint density at radius 1 is 1.30 bits per heavy atom. The van der Waals surface area contributed by atoms with Crippen LogP contribution in [-0.4, -0.2) is 47.4 Å². The largest absolute Gasteiger partial charge is 0.341 e. The van der Waals surface area contributed by atoms with Crippen molar-refractivity contribution in [3.63, 3.8) is 0 Å². The SMILES string of the molecule is CC(C)N(Cc1ccccc1)C[C@H]1CCCN(C(=O)[C@H](C)N)C1. The summed E-state index contributed by atoms with van der Waals surface area (Å²) in [5.41, 5.74) is 7.11. The number of hydrogen-bond donors (Lipinski definition) is 1. The van der Waals surface area contributed by atoms with Crippen molar-refractivity contribution in [1.82, 2.24) is 9.80 Å². The molecule has 0 aliphatic carbocycles. The predicted octanol–water partition coefficient (Wildman–Crippen LogP) is 2.48. The van der Waals surface area contributed by atoms with Gasteiger partial charge in [0.25, 0.3) is 0 Å². The van der Waals surface area contributed by atoms with Crippen LogP contribution >= 0.6 is 0 Å². The molecule has 0 spiro atoms. The summed E-state index contributed by atoms with van der Waals surface area (Å²) >= 11 is 0. The molecule has 2 rings (SSSR count). The van der Waals surface area contributed by atoms with Crippen LogP contribution in [0.1, 0.15) is 39.2 Å². The Morgan fingerprint density at radius 2 is 2.00 bits per heavy atom. The normalized spacial score (nSPS) is 20.1. The number of likely N-dealkylation sites (tertiary alicyclic amines) is 1. The highest BCUT2D eigenvalue weighted by Crippen LogP contribution is 2.20. The lowest BCUT2D eigenvalue weighted by atomic mass is 9.96. The summed E-state index contributed by atoms with van der Waals surface area (Å²) in [5, 5.41) is 0. The molecule has 128 valence electrons. The molecule has 23 heavy (non-hydrogen) atoms. The van der Waals surface area contributed by atoms with Crippen LogP contribution in [0.3, 0.4) is 0 Å². The highest BCUT2D eigenvalue weighted by Gasteiger charge is 2.27. The summed E-state index contributed by atoms with van der Waals surface area (Å²) in [7, 11) is 0. The van der Waals surface area contributed by atoms with Gasteiger partial charge in [0.05, 0.1) is 6.04 Å². The first-order valence-corrected chi connectivity index (χ1v) is 8.79. The highest BCUT2D eigenvalue weighted by molar-refractivity contribution is 5.81. The maximum Gasteiger partial charge on any atom is 0.239 e. The monoisotopic (exact) mass is 317 g/mol. The molecule has 0 bridgehead atoms. The van der Waals surface area contributed by atoms with E-state index in [1.807, 2.05) is 4.90 Å². The first kappa shape index (κ1) is 18.0. The molecular weight excluding hydrogens is 286 g/mol. The van der Waals surface area contributed by atoms with E-state index < -0.39 is 0 Å². The zero-order valence-corrected chi connectivity index (χ0v) is 14.7. The van der Waals surface area contributed by atoms with Crippen LogP contribution < -0.4 is 5.73 Å². The molecule has 0 unspecified atom stereocenters. The number of carbonyl (C=O) groups excluding carboxylic acids is 1. The van der Waals surface area contributed by atoms with Crippen molar-refractivity contribution in [3.8, 4) is 0 Å². The first-order valence-electron chi connectivity index (χ1n) is 8.79. The lowest BCUT2D eigenvalue weighted by molar-refractivity contribution is -0.134. The van der Waals surface area contributed by atoms with Gasteiger partial charge in [0.15, 0.2) is 0 Å². The van der Waals surface area contributed by atoms with Gasteiger partial charge in [-0.05, 0) is 45.1 Å². The Morgan fingerprint density at radius 3 is 2.61 bits per heavy atom. The number of rotatable bonds is 6. The van der Waals surface area contributed by atoms with Crippen molar-refractivity contribution in [2.75, 3.05) is 19.6 Å². The van der Waals surface area contributed by atoms with Crippen LogP contribution in [0.15, 0.2) is 30.3 Å². The van der Waals surface area contributed by atoms with E-state index >= 15 is 0 Å². The third-order valence-electron chi connectivity index (χ3n) is 4.67. The van der Waals surface area contributed by atoms with Crippen molar-refractivity contribution < 1.29 is 4.79 Å². The van der Waals surface area contributed by atoms with E-state index in [0.717, 1.165) is 32.6 Å². The average molecular weight is 317 g/mol. The van der Waals surface area contributed by atoms with Gasteiger partial charge in [0, 0.05) is 32.2 Å². The molecule has 2 atom stereocenters. The Hall–Kier alpha value is -1.39. The minimum Gasteiger partial charge on any atom is -0.341 e. The second-order valence-electron chi connectivity index (χ2n) is 7.09. The smallest absolute Gasteiger partial charge is 0.239 e. The molecule has 0 saturated carbocycles. The molecule has 0 radical (unpaired) electrons. The fourth-order valence-electron chi connectivity index (χ4n) is 3.31. The number of carbonyl (C=O) groups is 1. The van der Waals surface area contributed by atoms with E-state index in [1.54, 1.807) is 6.92 Å². The van der Waals surface area contributed by atoms with Gasteiger partial charge < -0.3 is 10.6 Å². The highest BCUT2D eigenvalue weighted by atomic mass is 16.2. The predicted molar refractivity (Wildman–Crippen MR) is 94.9 cm³/mol. The topological polar surface area (TPSA) is 49.6 Å². The maximum atomic E-state index is 12.1. The third-order valence-corrected chi connectivity index (χ3v) is 4.67. The number of benzene rings is 1. The molecule has 1 saturated heterocycles. The van der Waals surface area contributed by atoms with Gasteiger partial charge in [-0.1, -0.05) is 30.3 Å². The molecule has 1 aliphatic rings. The summed E-state index contributed by atoms with van der Waals surface area (Å²) in [4.78, 5) is 16.6. The minimum atomic E-state index is -0.390. The lowest BCUT2D eigenvalue weighted by Gasteiger charge is -2.37. The van der Waals surface area contributed by atoms with Gasteiger partial charge in [0.1, 0.15) is 0 Å². The summed E-state index contributed by atoms with van der Waals surface area (Å²) < 4.78 is 0. The van der Waals surface area contributed by atoms with Gasteiger partial charge in [-0.25, -0.2) is 0 Å². The number of amides is 1. The van der Waals surface area contributed by atoms with Gasteiger partial charge in [-0.15, -0.1) is 0 Å². The summed E-state index contributed by atoms with van der Waals surface area (Å²) in [6.45, 7) is 9.98. The Bertz CT molecular complexity index is 487. The summed E-state index contributed by atoms with van der Waals surface area (Å²) in [6, 6.07) is 10.7. The Kier molecular flexibility index (Phi) is 6.60. The van der Waals surface area contributed by atoms with Crippen LogP contribution in [0.4, 0.5) is 0 Å². The standard InChI is InChI=1S/C19H31N3O/c1-15(2)22(12-17-8-5-4-6-9-17)14-18-10-7-11-21(13-18)19(23)16(3)20/h4-6,8-9,15-16,18H,7,10-14,20H2,1-3H3/t16-,18-/m0/s1. The number of piperidine rings is 1. The Labute approximate surface area is 140 Å². The zero-order valence-electron chi connectivity index (χ0n) is 14.7. The summed E-state index contributed by atoms with van der Waals surface area (Å²) in [5.74, 6) is 0.631. The Balaban J connectivity index is 1.95. The number of nitrogens with zero attached hydrogens (tertiary/aromatic N) is 2. The second-order valence-corrected chi connectivity index (χ2v) is 7.09. The van der Waals surface area contributed by atoms with E-state index in [2.05, 4.69) is 49.1 Å². The summed E-state index contributed by atoms with van der Waals surface area (Å²) in [6.07, 6.45) is 2.28. The molecule has 1 aliphatic heterocycles. The molecule has 1 fully saturated rings. The zero-order chi connectivity index (χ0) is 16.8. The van der Waals surface area contributed by atoms with Crippen molar-refractivity contribution in [2.45, 2.75) is 52.2 Å².